The number of Topliss-reactive ketones (excluding diaryl/α,β-unsaturated/α-hetero) is 1. The summed E-state index contributed by atoms with van der Waals surface area (Å²) in [6, 6.07) is 22.1. The number of aryl methyl sites for hydroxylation is 1. The lowest BCUT2D eigenvalue weighted by atomic mass is 9.71. The summed E-state index contributed by atoms with van der Waals surface area (Å²) >= 11 is 0. The van der Waals surface area contributed by atoms with Crippen molar-refractivity contribution < 1.29 is 10.0 Å². The number of benzene rings is 3. The van der Waals surface area contributed by atoms with E-state index in [9.17, 15) is 10.0 Å². The van der Waals surface area contributed by atoms with E-state index in [0.717, 1.165) is 31.2 Å². The summed E-state index contributed by atoms with van der Waals surface area (Å²) in [5, 5.41) is 13.1. The summed E-state index contributed by atoms with van der Waals surface area (Å²) in [7, 11) is 0. The van der Waals surface area contributed by atoms with E-state index in [2.05, 4.69) is 49.3 Å². The molecule has 3 aromatic carbocycles. The number of oxime groups is 1. The van der Waals surface area contributed by atoms with Crippen molar-refractivity contribution >= 4 is 11.5 Å². The third-order valence-corrected chi connectivity index (χ3v) is 6.60. The number of ketones is 1. The van der Waals surface area contributed by atoms with Gasteiger partial charge in [0.2, 0.25) is 5.78 Å². The van der Waals surface area contributed by atoms with Crippen LogP contribution in [-0.4, -0.2) is 16.7 Å². The molecule has 0 bridgehead atoms. The van der Waals surface area contributed by atoms with Crippen LogP contribution in [0.15, 0.2) is 71.9 Å². The maximum absolute atomic E-state index is 13.4. The molecule has 3 nitrogen and oxygen atoms in total. The van der Waals surface area contributed by atoms with Gasteiger partial charge in [-0.2, -0.15) is 0 Å². The van der Waals surface area contributed by atoms with Crippen molar-refractivity contribution in [3.8, 4) is 11.1 Å². The molecule has 1 aliphatic rings. The van der Waals surface area contributed by atoms with Gasteiger partial charge in [-0.25, -0.2) is 0 Å². The first-order valence-electron chi connectivity index (χ1n) is 11.1. The fourth-order valence-corrected chi connectivity index (χ4v) is 5.31. The predicted octanol–water partition coefficient (Wildman–Crippen LogP) is 6.92. The van der Waals surface area contributed by atoms with Crippen molar-refractivity contribution in [2.75, 3.05) is 0 Å². The lowest BCUT2D eigenvalue weighted by Crippen LogP contribution is -2.25. The first kappa shape index (κ1) is 21.0. The van der Waals surface area contributed by atoms with Crippen LogP contribution in [0.25, 0.3) is 11.1 Å². The first-order chi connectivity index (χ1) is 15.1. The smallest absolute Gasteiger partial charge is 0.215 e. The molecule has 0 radical (unpaired) electrons. The van der Waals surface area contributed by atoms with Gasteiger partial charge in [0.05, 0.1) is 0 Å². The van der Waals surface area contributed by atoms with E-state index in [1.165, 1.54) is 22.3 Å². The molecule has 4 rings (SSSR count). The van der Waals surface area contributed by atoms with Crippen molar-refractivity contribution in [2.45, 2.75) is 51.9 Å². The zero-order chi connectivity index (χ0) is 22.0. The second-order valence-corrected chi connectivity index (χ2v) is 8.48. The maximum atomic E-state index is 13.4. The van der Waals surface area contributed by atoms with Gasteiger partial charge in [-0.1, -0.05) is 92.5 Å². The SMILES string of the molecule is CCCC1(CCC)c2ccccc2-c2ccc(C(=O)C(=NO)c3ccccc3C)cc21. The summed E-state index contributed by atoms with van der Waals surface area (Å²) in [6.45, 7) is 6.37. The van der Waals surface area contributed by atoms with E-state index in [-0.39, 0.29) is 16.9 Å². The maximum Gasteiger partial charge on any atom is 0.215 e. The molecule has 0 unspecified atom stereocenters. The van der Waals surface area contributed by atoms with Crippen LogP contribution in [0.2, 0.25) is 0 Å². The van der Waals surface area contributed by atoms with E-state index < -0.39 is 0 Å². The number of rotatable bonds is 7. The van der Waals surface area contributed by atoms with Crippen LogP contribution in [-0.2, 0) is 5.41 Å². The second-order valence-electron chi connectivity index (χ2n) is 8.48. The standard InChI is InChI=1S/C28H29NO2/c1-4-16-28(17-5-2)24-13-9-8-12-22(24)23-15-14-20(18-25(23)28)27(30)26(29-31)21-11-7-6-10-19(21)3/h6-15,18,31H,4-5,16-17H2,1-3H3. The number of carbonyl (C=O) groups is 1. The van der Waals surface area contributed by atoms with Gasteiger partial charge in [-0.05, 0) is 53.6 Å². The third kappa shape index (κ3) is 3.38. The highest BCUT2D eigenvalue weighted by Crippen LogP contribution is 2.53. The first-order valence-corrected chi connectivity index (χ1v) is 11.1. The van der Waals surface area contributed by atoms with Gasteiger partial charge >= 0.3 is 0 Å². The molecular formula is C28H29NO2. The summed E-state index contributed by atoms with van der Waals surface area (Å²) < 4.78 is 0. The molecule has 1 aliphatic carbocycles. The van der Waals surface area contributed by atoms with E-state index >= 15 is 0 Å². The molecule has 0 atom stereocenters. The molecule has 3 heteroatoms. The molecule has 0 amide bonds. The van der Waals surface area contributed by atoms with Gasteiger partial charge in [-0.3, -0.25) is 4.79 Å². The minimum Gasteiger partial charge on any atom is -0.410 e. The number of fused-ring (bicyclic) bond motifs is 3. The number of hydrogen-bond donors (Lipinski definition) is 1. The van der Waals surface area contributed by atoms with Crippen LogP contribution < -0.4 is 0 Å². The number of carbonyl (C=O) groups excluding carboxylic acids is 1. The zero-order valence-electron chi connectivity index (χ0n) is 18.5. The Morgan fingerprint density at radius 2 is 1.52 bits per heavy atom. The molecule has 0 saturated carbocycles. The van der Waals surface area contributed by atoms with Crippen LogP contribution in [0, 0.1) is 6.92 Å². The normalized spacial score (nSPS) is 14.2. The fraction of sp³-hybridized carbons (Fsp3) is 0.286. The van der Waals surface area contributed by atoms with Gasteiger partial charge in [0.15, 0.2) is 5.71 Å². The van der Waals surface area contributed by atoms with Crippen LogP contribution in [0.5, 0.6) is 0 Å². The summed E-state index contributed by atoms with van der Waals surface area (Å²) in [5.41, 5.74) is 7.23. The van der Waals surface area contributed by atoms with Crippen LogP contribution in [0.4, 0.5) is 0 Å². The predicted molar refractivity (Wildman–Crippen MR) is 126 cm³/mol. The highest BCUT2D eigenvalue weighted by molar-refractivity contribution is 6.51. The van der Waals surface area contributed by atoms with Crippen molar-refractivity contribution in [3.63, 3.8) is 0 Å². The Labute approximate surface area is 184 Å². The van der Waals surface area contributed by atoms with Crippen molar-refractivity contribution in [2.24, 2.45) is 5.16 Å². The molecular weight excluding hydrogens is 382 g/mol. The Hall–Kier alpha value is -3.20. The van der Waals surface area contributed by atoms with Crippen LogP contribution >= 0.6 is 0 Å². The molecule has 31 heavy (non-hydrogen) atoms. The second kappa shape index (κ2) is 8.50. The summed E-state index contributed by atoms with van der Waals surface area (Å²) in [6.07, 6.45) is 4.22. The fourth-order valence-electron chi connectivity index (χ4n) is 5.31. The highest BCUT2D eigenvalue weighted by atomic mass is 16.4. The molecule has 0 heterocycles. The zero-order valence-corrected chi connectivity index (χ0v) is 18.5. The van der Waals surface area contributed by atoms with Crippen molar-refractivity contribution in [3.05, 3.63) is 94.5 Å². The highest BCUT2D eigenvalue weighted by Gasteiger charge is 2.42. The number of hydrogen-bond acceptors (Lipinski definition) is 3. The van der Waals surface area contributed by atoms with Crippen molar-refractivity contribution in [1.29, 1.82) is 0 Å². The Kier molecular flexibility index (Phi) is 5.77. The van der Waals surface area contributed by atoms with Crippen LogP contribution in [0.3, 0.4) is 0 Å². The average molecular weight is 412 g/mol. The number of nitrogens with zero attached hydrogens (tertiary/aromatic N) is 1. The average Bonchev–Trinajstić information content (AvgIpc) is 3.05. The van der Waals surface area contributed by atoms with Gasteiger partial charge < -0.3 is 5.21 Å². The van der Waals surface area contributed by atoms with Crippen LogP contribution in [0.1, 0.15) is 72.1 Å². The molecule has 3 aromatic rings. The molecule has 0 aliphatic heterocycles. The van der Waals surface area contributed by atoms with E-state index in [0.29, 0.717) is 11.1 Å². The monoisotopic (exact) mass is 411 g/mol. The molecule has 0 saturated heterocycles. The minimum atomic E-state index is -0.252. The topological polar surface area (TPSA) is 49.7 Å². The molecule has 0 fully saturated rings. The molecule has 1 N–H and O–H groups in total. The lowest BCUT2D eigenvalue weighted by Gasteiger charge is -2.32. The minimum absolute atomic E-state index is 0.0785. The van der Waals surface area contributed by atoms with Gasteiger partial charge in [0.25, 0.3) is 0 Å². The van der Waals surface area contributed by atoms with E-state index in [1.807, 2.05) is 43.3 Å². The summed E-state index contributed by atoms with van der Waals surface area (Å²) in [5.74, 6) is -0.252. The molecule has 0 aromatic heterocycles. The van der Waals surface area contributed by atoms with Crippen molar-refractivity contribution in [1.82, 2.24) is 0 Å². The summed E-state index contributed by atoms with van der Waals surface area (Å²) in [4.78, 5) is 13.4. The molecule has 0 spiro atoms. The Bertz CT molecular complexity index is 1150. The Morgan fingerprint density at radius 3 is 2.19 bits per heavy atom. The van der Waals surface area contributed by atoms with Gasteiger partial charge in [-0.15, -0.1) is 0 Å². The van der Waals surface area contributed by atoms with Gasteiger partial charge in [0.1, 0.15) is 0 Å². The lowest BCUT2D eigenvalue weighted by molar-refractivity contribution is 0.106. The third-order valence-electron chi connectivity index (χ3n) is 6.60. The Morgan fingerprint density at radius 1 is 0.871 bits per heavy atom. The Balaban J connectivity index is 1.86. The van der Waals surface area contributed by atoms with Gasteiger partial charge in [0, 0.05) is 16.5 Å². The molecule has 158 valence electrons. The largest absolute Gasteiger partial charge is 0.410 e. The van der Waals surface area contributed by atoms with E-state index in [1.54, 1.807) is 0 Å². The van der Waals surface area contributed by atoms with E-state index in [4.69, 9.17) is 0 Å². The quantitative estimate of drug-likeness (QED) is 0.198.